The van der Waals surface area contributed by atoms with E-state index in [0.717, 1.165) is 35.1 Å². The van der Waals surface area contributed by atoms with Crippen LogP contribution in [0.3, 0.4) is 0 Å². The van der Waals surface area contributed by atoms with E-state index in [1.165, 1.54) is 9.36 Å². The van der Waals surface area contributed by atoms with Crippen molar-refractivity contribution in [3.8, 4) is 11.4 Å². The topological polar surface area (TPSA) is 111 Å². The first-order valence-electron chi connectivity index (χ1n) is 18.0. The second kappa shape index (κ2) is 13.3. The number of nitrogens with one attached hydrogen (secondary N) is 2. The molecule has 4 aliphatic carbocycles. The SMILES string of the molecule is O=C(CCS(=O)(=O)N[C@@H]1Cc2ccc(-n3nc(C(F)(F)F)c4c3CCCC4)cc2C1)N[C@H]1Cc2ccc(-n3nc(C(F)(F)F)c4c3CCCC4)cc2C1. The van der Waals surface area contributed by atoms with Gasteiger partial charge in [-0.25, -0.2) is 22.5 Å². The van der Waals surface area contributed by atoms with Gasteiger partial charge in [-0.15, -0.1) is 0 Å². The van der Waals surface area contributed by atoms with Crippen LogP contribution in [0.1, 0.15) is 88.3 Å². The number of amides is 1. The summed E-state index contributed by atoms with van der Waals surface area (Å²) in [4.78, 5) is 12.9. The highest BCUT2D eigenvalue weighted by Crippen LogP contribution is 2.39. The number of alkyl halides is 6. The minimum Gasteiger partial charge on any atom is -0.353 e. The number of rotatable bonds is 8. The van der Waals surface area contributed by atoms with E-state index in [-0.39, 0.29) is 23.6 Å². The lowest BCUT2D eigenvalue weighted by atomic mass is 9.95. The number of benzene rings is 2. The molecule has 0 spiro atoms. The van der Waals surface area contributed by atoms with Crippen LogP contribution in [0.4, 0.5) is 26.3 Å². The highest BCUT2D eigenvalue weighted by molar-refractivity contribution is 7.89. The van der Waals surface area contributed by atoms with Gasteiger partial charge in [-0.2, -0.15) is 36.5 Å². The molecule has 1 amide bonds. The number of carbonyl (C=O) groups is 1. The quantitative estimate of drug-likeness (QED) is 0.217. The fraction of sp³-hybridized carbons (Fsp3) is 0.486. The van der Waals surface area contributed by atoms with Crippen LogP contribution in [0.2, 0.25) is 0 Å². The maximum Gasteiger partial charge on any atom is 0.435 e. The van der Waals surface area contributed by atoms with Crippen LogP contribution in [0.5, 0.6) is 0 Å². The Morgan fingerprint density at radius 1 is 0.679 bits per heavy atom. The van der Waals surface area contributed by atoms with Crippen LogP contribution >= 0.6 is 0 Å². The van der Waals surface area contributed by atoms with E-state index in [1.807, 2.05) is 18.2 Å². The van der Waals surface area contributed by atoms with Crippen molar-refractivity contribution in [1.82, 2.24) is 29.6 Å². The average molecular weight is 761 g/mol. The molecule has 2 aromatic heterocycles. The zero-order chi connectivity index (χ0) is 37.3. The molecule has 0 unspecified atom stereocenters. The van der Waals surface area contributed by atoms with Crippen LogP contribution in [0, 0.1) is 0 Å². The first-order valence-corrected chi connectivity index (χ1v) is 19.7. The normalized spacial score (nSPS) is 19.8. The largest absolute Gasteiger partial charge is 0.435 e. The van der Waals surface area contributed by atoms with E-state index in [1.54, 1.807) is 18.2 Å². The number of sulfonamides is 1. The second-order valence-corrected chi connectivity index (χ2v) is 16.5. The smallest absolute Gasteiger partial charge is 0.353 e. The van der Waals surface area contributed by atoms with Crippen LogP contribution in [0.25, 0.3) is 11.4 Å². The van der Waals surface area contributed by atoms with Gasteiger partial charge in [0.2, 0.25) is 15.9 Å². The van der Waals surface area contributed by atoms with Crippen molar-refractivity contribution in [3.05, 3.63) is 92.6 Å². The summed E-state index contributed by atoms with van der Waals surface area (Å²) in [6.07, 6.45) is -2.98. The van der Waals surface area contributed by atoms with Crippen LogP contribution in [-0.4, -0.2) is 51.7 Å². The second-order valence-electron chi connectivity index (χ2n) is 14.7. The molecule has 282 valence electrons. The molecule has 2 aromatic carbocycles. The van der Waals surface area contributed by atoms with Gasteiger partial charge < -0.3 is 5.32 Å². The summed E-state index contributed by atoms with van der Waals surface area (Å²) < 4.78 is 114. The molecule has 16 heteroatoms. The Hall–Kier alpha value is -4.18. The molecule has 4 aliphatic rings. The lowest BCUT2D eigenvalue weighted by molar-refractivity contribution is -0.142. The number of nitrogens with zero attached hydrogens (tertiary/aromatic N) is 4. The lowest BCUT2D eigenvalue weighted by Gasteiger charge is -2.15. The third-order valence-corrected chi connectivity index (χ3v) is 12.4. The molecule has 0 bridgehead atoms. The molecular formula is C37H38F6N6O3S. The molecule has 2 N–H and O–H groups in total. The van der Waals surface area contributed by atoms with Gasteiger partial charge in [0.25, 0.3) is 0 Å². The number of halogens is 6. The molecule has 0 saturated carbocycles. The van der Waals surface area contributed by atoms with E-state index >= 15 is 0 Å². The Morgan fingerprint density at radius 3 is 1.64 bits per heavy atom. The number of hydrogen-bond donors (Lipinski definition) is 2. The van der Waals surface area contributed by atoms with Crippen LogP contribution < -0.4 is 10.0 Å². The first-order chi connectivity index (χ1) is 25.1. The Kier molecular flexibility index (Phi) is 8.98. The lowest BCUT2D eigenvalue weighted by Crippen LogP contribution is -2.40. The third kappa shape index (κ3) is 7.11. The summed E-state index contributed by atoms with van der Waals surface area (Å²) in [6, 6.07) is 9.98. The van der Waals surface area contributed by atoms with Crippen molar-refractivity contribution in [2.45, 2.75) is 108 Å². The predicted octanol–water partition coefficient (Wildman–Crippen LogP) is 5.91. The summed E-state index contributed by atoms with van der Waals surface area (Å²) >= 11 is 0. The monoisotopic (exact) mass is 760 g/mol. The van der Waals surface area contributed by atoms with Crippen molar-refractivity contribution in [2.24, 2.45) is 0 Å². The fourth-order valence-corrected chi connectivity index (χ4v) is 9.82. The number of aromatic nitrogens is 4. The molecule has 4 aromatic rings. The Bertz CT molecular complexity index is 2210. The molecule has 2 heterocycles. The molecule has 0 fully saturated rings. The molecule has 0 aliphatic heterocycles. The van der Waals surface area contributed by atoms with Gasteiger partial charge in [-0.1, -0.05) is 12.1 Å². The van der Waals surface area contributed by atoms with Crippen LogP contribution in [0.15, 0.2) is 36.4 Å². The summed E-state index contributed by atoms with van der Waals surface area (Å²) in [5.74, 6) is -0.851. The minimum absolute atomic E-state index is 0.250. The van der Waals surface area contributed by atoms with Gasteiger partial charge in [-0.05, 0) is 124 Å². The molecule has 8 rings (SSSR count). The molecule has 2 atom stereocenters. The van der Waals surface area contributed by atoms with E-state index in [0.29, 0.717) is 87.0 Å². The average Bonchev–Trinajstić information content (AvgIpc) is 3.88. The zero-order valence-corrected chi connectivity index (χ0v) is 29.5. The summed E-state index contributed by atoms with van der Waals surface area (Å²) in [7, 11) is -3.85. The predicted molar refractivity (Wildman–Crippen MR) is 182 cm³/mol. The fourth-order valence-electron chi connectivity index (χ4n) is 8.58. The van der Waals surface area contributed by atoms with E-state index in [4.69, 9.17) is 0 Å². The number of fused-ring (bicyclic) bond motifs is 4. The van der Waals surface area contributed by atoms with Crippen molar-refractivity contribution in [3.63, 3.8) is 0 Å². The van der Waals surface area contributed by atoms with Crippen molar-refractivity contribution in [1.29, 1.82) is 0 Å². The van der Waals surface area contributed by atoms with Gasteiger partial charge >= 0.3 is 12.4 Å². The molecule has 0 radical (unpaired) electrons. The van der Waals surface area contributed by atoms with Gasteiger partial charge in [0.1, 0.15) is 0 Å². The van der Waals surface area contributed by atoms with Gasteiger partial charge in [0.05, 0.1) is 17.1 Å². The summed E-state index contributed by atoms with van der Waals surface area (Å²) in [5, 5.41) is 10.9. The Morgan fingerprint density at radius 2 is 1.13 bits per heavy atom. The van der Waals surface area contributed by atoms with Crippen molar-refractivity contribution < 1.29 is 39.6 Å². The maximum atomic E-state index is 13.7. The molecule has 9 nitrogen and oxygen atoms in total. The Balaban J connectivity index is 0.865. The molecular weight excluding hydrogens is 723 g/mol. The van der Waals surface area contributed by atoms with E-state index in [9.17, 15) is 39.6 Å². The van der Waals surface area contributed by atoms with Crippen molar-refractivity contribution in [2.75, 3.05) is 5.75 Å². The highest BCUT2D eigenvalue weighted by atomic mass is 32.2. The van der Waals surface area contributed by atoms with Gasteiger partial charge in [-0.3, -0.25) is 4.79 Å². The zero-order valence-electron chi connectivity index (χ0n) is 28.7. The minimum atomic E-state index is -4.55. The van der Waals surface area contributed by atoms with Crippen LogP contribution in [-0.2, 0) is 78.5 Å². The first kappa shape index (κ1) is 35.8. The van der Waals surface area contributed by atoms with E-state index < -0.39 is 51.5 Å². The summed E-state index contributed by atoms with van der Waals surface area (Å²) in [6.45, 7) is 0. The summed E-state index contributed by atoms with van der Waals surface area (Å²) in [5.41, 5.74) is 4.64. The number of hydrogen-bond acceptors (Lipinski definition) is 5. The van der Waals surface area contributed by atoms with Gasteiger partial charge in [0.15, 0.2) is 11.4 Å². The van der Waals surface area contributed by atoms with Gasteiger partial charge in [0, 0.05) is 41.0 Å². The van der Waals surface area contributed by atoms with E-state index in [2.05, 4.69) is 20.2 Å². The van der Waals surface area contributed by atoms with Crippen molar-refractivity contribution >= 4 is 15.9 Å². The standard InChI is InChI=1S/C37H38F6N6O3S/c38-36(39,40)34-29-5-1-3-7-31(29)48(45-34)27-11-9-21-15-25(17-23(21)19-27)44-33(50)13-14-53(51,52)47-26-16-22-10-12-28(20-24(22)18-26)49-32-8-4-2-6-30(32)35(46-49)37(41,42)43/h9-12,19-20,25-26,47H,1-8,13-18H2,(H,44,50)/t25-,26+/m0/s1. The Labute approximate surface area is 302 Å². The highest BCUT2D eigenvalue weighted by Gasteiger charge is 2.41. The third-order valence-electron chi connectivity index (χ3n) is 10.9. The maximum absolute atomic E-state index is 13.7. The molecule has 0 saturated heterocycles. The number of carbonyl (C=O) groups excluding carboxylic acids is 1. The molecule has 53 heavy (non-hydrogen) atoms.